The van der Waals surface area contributed by atoms with Crippen molar-refractivity contribution in [1.82, 2.24) is 10.2 Å². The molecule has 1 heterocycles. The third-order valence-electron chi connectivity index (χ3n) is 6.22. The first-order valence-corrected chi connectivity index (χ1v) is 9.69. The molecule has 142 valence electrons. The Kier molecular flexibility index (Phi) is 5.84. The van der Waals surface area contributed by atoms with Crippen LogP contribution in [0.4, 0.5) is 0 Å². The SMILES string of the molecule is COc1ccc(CNC(=O)[C@@H]2CC(=O)N([C@H]3CCC[C@@H](C)[C@H]3C)C2)cc1. The van der Waals surface area contributed by atoms with Gasteiger partial charge < -0.3 is 15.0 Å². The molecule has 1 saturated carbocycles. The van der Waals surface area contributed by atoms with E-state index in [1.807, 2.05) is 29.2 Å². The van der Waals surface area contributed by atoms with E-state index in [0.29, 0.717) is 37.4 Å². The average Bonchev–Trinajstić information content (AvgIpc) is 3.04. The molecular formula is C21H30N2O3. The molecule has 1 saturated heterocycles. The third-order valence-corrected chi connectivity index (χ3v) is 6.22. The Morgan fingerprint density at radius 2 is 1.96 bits per heavy atom. The first-order chi connectivity index (χ1) is 12.5. The van der Waals surface area contributed by atoms with E-state index in [-0.39, 0.29) is 17.7 Å². The molecule has 1 aromatic rings. The number of methoxy groups -OCH3 is 1. The van der Waals surface area contributed by atoms with Crippen LogP contribution in [-0.4, -0.2) is 36.4 Å². The Morgan fingerprint density at radius 3 is 2.65 bits per heavy atom. The van der Waals surface area contributed by atoms with Crippen LogP contribution in [-0.2, 0) is 16.1 Å². The van der Waals surface area contributed by atoms with Gasteiger partial charge in [-0.25, -0.2) is 0 Å². The summed E-state index contributed by atoms with van der Waals surface area (Å²) in [6, 6.07) is 7.94. The van der Waals surface area contributed by atoms with Crippen LogP contribution in [0.2, 0.25) is 0 Å². The number of ether oxygens (including phenoxy) is 1. The van der Waals surface area contributed by atoms with Crippen LogP contribution in [0.3, 0.4) is 0 Å². The van der Waals surface area contributed by atoms with Crippen LogP contribution in [0, 0.1) is 17.8 Å². The first kappa shape index (κ1) is 18.7. The molecule has 1 aliphatic carbocycles. The zero-order valence-electron chi connectivity index (χ0n) is 16.0. The highest BCUT2D eigenvalue weighted by atomic mass is 16.5. The van der Waals surface area contributed by atoms with Gasteiger partial charge in [0, 0.05) is 25.6 Å². The number of benzene rings is 1. The van der Waals surface area contributed by atoms with E-state index >= 15 is 0 Å². The lowest BCUT2D eigenvalue weighted by Gasteiger charge is -2.40. The summed E-state index contributed by atoms with van der Waals surface area (Å²) in [7, 11) is 1.63. The monoisotopic (exact) mass is 358 g/mol. The van der Waals surface area contributed by atoms with Gasteiger partial charge in [0.2, 0.25) is 11.8 Å². The largest absolute Gasteiger partial charge is 0.497 e. The summed E-state index contributed by atoms with van der Waals surface area (Å²) >= 11 is 0. The molecule has 1 aliphatic heterocycles. The number of hydrogen-bond acceptors (Lipinski definition) is 3. The van der Waals surface area contributed by atoms with Gasteiger partial charge in [-0.2, -0.15) is 0 Å². The van der Waals surface area contributed by atoms with Gasteiger partial charge in [-0.1, -0.05) is 38.8 Å². The van der Waals surface area contributed by atoms with Crippen LogP contribution < -0.4 is 10.1 Å². The lowest BCUT2D eigenvalue weighted by Crippen LogP contribution is -2.45. The van der Waals surface area contributed by atoms with Crippen molar-refractivity contribution in [2.75, 3.05) is 13.7 Å². The Balaban J connectivity index is 1.54. The summed E-state index contributed by atoms with van der Waals surface area (Å²) in [5.74, 6) is 1.84. The molecule has 0 radical (unpaired) electrons. The van der Waals surface area contributed by atoms with Crippen molar-refractivity contribution in [3.8, 4) is 5.75 Å². The maximum Gasteiger partial charge on any atom is 0.225 e. The maximum atomic E-state index is 12.5. The van der Waals surface area contributed by atoms with Crippen LogP contribution in [0.15, 0.2) is 24.3 Å². The van der Waals surface area contributed by atoms with E-state index in [4.69, 9.17) is 4.74 Å². The van der Waals surface area contributed by atoms with E-state index < -0.39 is 0 Å². The quantitative estimate of drug-likeness (QED) is 0.880. The van der Waals surface area contributed by atoms with Gasteiger partial charge in [-0.05, 0) is 36.0 Å². The van der Waals surface area contributed by atoms with Crippen molar-refractivity contribution in [2.45, 2.75) is 52.1 Å². The number of rotatable bonds is 5. The number of likely N-dealkylation sites (tertiary alicyclic amines) is 1. The smallest absolute Gasteiger partial charge is 0.225 e. The predicted octanol–water partition coefficient (Wildman–Crippen LogP) is 2.98. The van der Waals surface area contributed by atoms with Crippen molar-refractivity contribution < 1.29 is 14.3 Å². The number of carbonyl (C=O) groups excluding carboxylic acids is 2. The second-order valence-electron chi connectivity index (χ2n) is 7.85. The molecule has 1 N–H and O–H groups in total. The summed E-state index contributed by atoms with van der Waals surface area (Å²) in [4.78, 5) is 27.0. The molecule has 0 bridgehead atoms. The Bertz CT molecular complexity index is 643. The fourth-order valence-corrected chi connectivity index (χ4v) is 4.30. The molecule has 0 spiro atoms. The van der Waals surface area contributed by atoms with E-state index in [0.717, 1.165) is 17.7 Å². The van der Waals surface area contributed by atoms with Crippen LogP contribution in [0.1, 0.15) is 45.1 Å². The Morgan fingerprint density at radius 1 is 1.23 bits per heavy atom. The van der Waals surface area contributed by atoms with Crippen LogP contribution in [0.25, 0.3) is 0 Å². The third kappa shape index (κ3) is 4.02. The van der Waals surface area contributed by atoms with Gasteiger partial charge in [0.1, 0.15) is 5.75 Å². The minimum Gasteiger partial charge on any atom is -0.497 e. The Hall–Kier alpha value is -2.04. The molecule has 5 heteroatoms. The molecule has 1 aromatic carbocycles. The van der Waals surface area contributed by atoms with Gasteiger partial charge in [0.25, 0.3) is 0 Å². The van der Waals surface area contributed by atoms with Gasteiger partial charge in [-0.3, -0.25) is 9.59 Å². The number of nitrogens with zero attached hydrogens (tertiary/aromatic N) is 1. The molecular weight excluding hydrogens is 328 g/mol. The minimum atomic E-state index is -0.231. The highest BCUT2D eigenvalue weighted by Crippen LogP contribution is 2.35. The topological polar surface area (TPSA) is 58.6 Å². The fourth-order valence-electron chi connectivity index (χ4n) is 4.30. The van der Waals surface area contributed by atoms with Crippen molar-refractivity contribution >= 4 is 11.8 Å². The van der Waals surface area contributed by atoms with E-state index in [1.54, 1.807) is 7.11 Å². The summed E-state index contributed by atoms with van der Waals surface area (Å²) in [6.07, 6.45) is 3.82. The van der Waals surface area contributed by atoms with E-state index in [2.05, 4.69) is 19.2 Å². The zero-order valence-corrected chi connectivity index (χ0v) is 16.0. The molecule has 0 aromatic heterocycles. The maximum absolute atomic E-state index is 12.5. The van der Waals surface area contributed by atoms with Gasteiger partial charge >= 0.3 is 0 Å². The molecule has 2 amide bonds. The second kappa shape index (κ2) is 8.11. The molecule has 3 rings (SSSR count). The van der Waals surface area contributed by atoms with E-state index in [1.165, 1.54) is 12.8 Å². The van der Waals surface area contributed by atoms with Gasteiger partial charge in [0.05, 0.1) is 13.0 Å². The molecule has 2 aliphatic rings. The molecule has 5 nitrogen and oxygen atoms in total. The highest BCUT2D eigenvalue weighted by molar-refractivity contribution is 5.89. The molecule has 26 heavy (non-hydrogen) atoms. The van der Waals surface area contributed by atoms with Crippen LogP contribution >= 0.6 is 0 Å². The van der Waals surface area contributed by atoms with Crippen LogP contribution in [0.5, 0.6) is 5.75 Å². The number of carbonyl (C=O) groups is 2. The van der Waals surface area contributed by atoms with Crippen molar-refractivity contribution in [2.24, 2.45) is 17.8 Å². The molecule has 4 atom stereocenters. The average molecular weight is 358 g/mol. The van der Waals surface area contributed by atoms with Crippen molar-refractivity contribution in [3.63, 3.8) is 0 Å². The Labute approximate surface area is 156 Å². The zero-order chi connectivity index (χ0) is 18.7. The lowest BCUT2D eigenvalue weighted by molar-refractivity contribution is -0.132. The predicted molar refractivity (Wildman–Crippen MR) is 101 cm³/mol. The standard InChI is InChI=1S/C21H30N2O3/c1-14-5-4-6-19(15(14)2)23-13-17(11-20(23)24)21(25)22-12-16-7-9-18(26-3)10-8-16/h7-10,14-15,17,19H,4-6,11-13H2,1-3H3,(H,22,25)/t14-,15-,17-,19+/m1/s1. The minimum absolute atomic E-state index is 0.0202. The van der Waals surface area contributed by atoms with Gasteiger partial charge in [0.15, 0.2) is 0 Å². The summed E-state index contributed by atoms with van der Waals surface area (Å²) in [5, 5.41) is 2.98. The highest BCUT2D eigenvalue weighted by Gasteiger charge is 2.41. The first-order valence-electron chi connectivity index (χ1n) is 9.69. The number of nitrogens with one attached hydrogen (secondary N) is 1. The van der Waals surface area contributed by atoms with Crippen molar-refractivity contribution in [1.29, 1.82) is 0 Å². The fraction of sp³-hybridized carbons (Fsp3) is 0.619. The normalized spacial score (nSPS) is 28.9. The summed E-state index contributed by atoms with van der Waals surface area (Å²) in [5.41, 5.74) is 1.02. The van der Waals surface area contributed by atoms with E-state index in [9.17, 15) is 9.59 Å². The van der Waals surface area contributed by atoms with Gasteiger partial charge in [-0.15, -0.1) is 0 Å². The second-order valence-corrected chi connectivity index (χ2v) is 7.85. The molecule has 0 unspecified atom stereocenters. The number of amides is 2. The van der Waals surface area contributed by atoms with Crippen molar-refractivity contribution in [3.05, 3.63) is 29.8 Å². The molecule has 2 fully saturated rings. The lowest BCUT2D eigenvalue weighted by atomic mass is 9.77. The summed E-state index contributed by atoms with van der Waals surface area (Å²) in [6.45, 7) is 5.56. The number of hydrogen-bond donors (Lipinski definition) is 1. The summed E-state index contributed by atoms with van der Waals surface area (Å²) < 4.78 is 5.14.